The van der Waals surface area contributed by atoms with Gasteiger partial charge in [-0.25, -0.2) is 4.98 Å². The lowest BCUT2D eigenvalue weighted by molar-refractivity contribution is 1.08. The van der Waals surface area contributed by atoms with Crippen molar-refractivity contribution in [2.45, 2.75) is 6.92 Å². The minimum Gasteiger partial charge on any atom is -0.274 e. The van der Waals surface area contributed by atoms with Crippen LogP contribution >= 0.6 is 11.5 Å². The van der Waals surface area contributed by atoms with Crippen LogP contribution in [-0.2, 0) is 0 Å². The average Bonchev–Trinajstić information content (AvgIpc) is 2.98. The molecule has 0 aliphatic rings. The number of nitrogens with one attached hydrogen (secondary N) is 1. The van der Waals surface area contributed by atoms with Crippen LogP contribution in [0.5, 0.6) is 0 Å². The molecule has 3 aromatic rings. The van der Waals surface area contributed by atoms with Gasteiger partial charge in [0, 0.05) is 18.0 Å². The summed E-state index contributed by atoms with van der Waals surface area (Å²) in [6.45, 7) is 1.93. The first-order valence-electron chi connectivity index (χ1n) is 5.09. The number of rotatable bonds is 2. The summed E-state index contributed by atoms with van der Waals surface area (Å²) in [5.41, 5.74) is 2.65. The first kappa shape index (κ1) is 10.1. The highest BCUT2D eigenvalue weighted by atomic mass is 32.1. The second kappa shape index (κ2) is 4.06. The van der Waals surface area contributed by atoms with E-state index in [9.17, 15) is 0 Å². The molecule has 17 heavy (non-hydrogen) atoms. The molecule has 6 heteroatoms. The molecule has 0 spiro atoms. The summed E-state index contributed by atoms with van der Waals surface area (Å²) in [4.78, 5) is 8.37. The fourth-order valence-electron chi connectivity index (χ4n) is 1.51. The van der Waals surface area contributed by atoms with Gasteiger partial charge in [0.25, 0.3) is 0 Å². The van der Waals surface area contributed by atoms with Crippen LogP contribution in [0, 0.1) is 6.92 Å². The van der Waals surface area contributed by atoms with Crippen LogP contribution in [0.25, 0.3) is 22.8 Å². The normalized spacial score (nSPS) is 10.6. The van der Waals surface area contributed by atoms with Crippen LogP contribution < -0.4 is 0 Å². The van der Waals surface area contributed by atoms with E-state index in [0.29, 0.717) is 5.82 Å². The smallest absolute Gasteiger partial charge is 0.191 e. The van der Waals surface area contributed by atoms with Gasteiger partial charge in [-0.1, -0.05) is 0 Å². The molecule has 0 saturated carbocycles. The number of hydrogen-bond acceptors (Lipinski definition) is 5. The van der Waals surface area contributed by atoms with Crippen LogP contribution in [0.4, 0.5) is 0 Å². The van der Waals surface area contributed by atoms with Crippen molar-refractivity contribution in [2.75, 3.05) is 0 Å². The quantitative estimate of drug-likeness (QED) is 0.750. The van der Waals surface area contributed by atoms with Crippen LogP contribution in [0.3, 0.4) is 0 Å². The summed E-state index contributed by atoms with van der Waals surface area (Å²) in [6.07, 6.45) is 3.52. The third-order valence-corrected chi connectivity index (χ3v) is 2.92. The summed E-state index contributed by atoms with van der Waals surface area (Å²) in [6, 6.07) is 5.78. The average molecular weight is 243 g/mol. The van der Waals surface area contributed by atoms with E-state index >= 15 is 0 Å². The lowest BCUT2D eigenvalue weighted by Gasteiger charge is -1.91. The van der Waals surface area contributed by atoms with Crippen molar-refractivity contribution in [1.82, 2.24) is 24.5 Å². The summed E-state index contributed by atoms with van der Waals surface area (Å²) < 4.78 is 4.24. The summed E-state index contributed by atoms with van der Waals surface area (Å²) in [5, 5.41) is 8.11. The zero-order valence-electron chi connectivity index (χ0n) is 9.08. The Morgan fingerprint density at radius 3 is 3.00 bits per heavy atom. The Balaban J connectivity index is 1.99. The molecule has 0 unspecified atom stereocenters. The molecule has 0 aliphatic carbocycles. The van der Waals surface area contributed by atoms with Gasteiger partial charge in [-0.15, -0.1) is 0 Å². The number of pyridine rings is 1. The minimum atomic E-state index is 0.690. The maximum Gasteiger partial charge on any atom is 0.191 e. The lowest BCUT2D eigenvalue weighted by atomic mass is 10.2. The van der Waals surface area contributed by atoms with Crippen molar-refractivity contribution < 1.29 is 0 Å². The molecule has 84 valence electrons. The fraction of sp³-hybridized carbons (Fsp3) is 0.0909. The largest absolute Gasteiger partial charge is 0.274 e. The topological polar surface area (TPSA) is 67.3 Å². The van der Waals surface area contributed by atoms with Crippen LogP contribution in [0.1, 0.15) is 5.01 Å². The Bertz CT molecular complexity index is 628. The molecule has 0 aliphatic heterocycles. The first-order chi connectivity index (χ1) is 8.33. The van der Waals surface area contributed by atoms with Crippen molar-refractivity contribution in [1.29, 1.82) is 0 Å². The molecule has 0 radical (unpaired) electrons. The lowest BCUT2D eigenvalue weighted by Crippen LogP contribution is -1.79. The summed E-state index contributed by atoms with van der Waals surface area (Å²) >= 11 is 1.38. The van der Waals surface area contributed by atoms with Crippen molar-refractivity contribution in [2.24, 2.45) is 0 Å². The predicted molar refractivity (Wildman–Crippen MR) is 65.5 cm³/mol. The number of aryl methyl sites for hydroxylation is 1. The van der Waals surface area contributed by atoms with Gasteiger partial charge in [-0.3, -0.25) is 10.1 Å². The van der Waals surface area contributed by atoms with Crippen molar-refractivity contribution in [3.63, 3.8) is 0 Å². The fourth-order valence-corrected chi connectivity index (χ4v) is 1.99. The Kier molecular flexibility index (Phi) is 2.41. The zero-order valence-corrected chi connectivity index (χ0v) is 9.90. The van der Waals surface area contributed by atoms with Gasteiger partial charge in [-0.05, 0) is 36.7 Å². The van der Waals surface area contributed by atoms with E-state index in [2.05, 4.69) is 24.5 Å². The van der Waals surface area contributed by atoms with Gasteiger partial charge in [0.05, 0.1) is 5.69 Å². The maximum absolute atomic E-state index is 4.31. The molecule has 0 aromatic carbocycles. The zero-order chi connectivity index (χ0) is 11.7. The number of hydrogen-bond donors (Lipinski definition) is 1. The molecule has 5 nitrogen and oxygen atoms in total. The molecule has 0 fully saturated rings. The molecule has 3 rings (SSSR count). The second-order valence-corrected chi connectivity index (χ2v) is 4.50. The van der Waals surface area contributed by atoms with Crippen molar-refractivity contribution in [3.8, 4) is 22.8 Å². The third kappa shape index (κ3) is 1.94. The molecular weight excluding hydrogens is 234 g/mol. The van der Waals surface area contributed by atoms with E-state index in [0.717, 1.165) is 22.0 Å². The van der Waals surface area contributed by atoms with Crippen LogP contribution in [0.2, 0.25) is 0 Å². The van der Waals surface area contributed by atoms with Gasteiger partial charge < -0.3 is 0 Å². The number of H-pyrrole nitrogens is 1. The number of nitrogens with zero attached hydrogens (tertiary/aromatic N) is 4. The van der Waals surface area contributed by atoms with E-state index in [1.807, 2.05) is 25.1 Å². The molecule has 0 bridgehead atoms. The van der Waals surface area contributed by atoms with Gasteiger partial charge in [0.1, 0.15) is 10.7 Å². The molecular formula is C11H9N5S. The first-order valence-corrected chi connectivity index (χ1v) is 5.87. The Morgan fingerprint density at radius 2 is 2.29 bits per heavy atom. The van der Waals surface area contributed by atoms with Gasteiger partial charge in [0.15, 0.2) is 5.82 Å². The minimum absolute atomic E-state index is 0.690. The van der Waals surface area contributed by atoms with Crippen LogP contribution in [-0.4, -0.2) is 24.5 Å². The maximum atomic E-state index is 4.31. The van der Waals surface area contributed by atoms with Crippen molar-refractivity contribution in [3.05, 3.63) is 35.6 Å². The number of aromatic amines is 1. The SMILES string of the molecule is Cc1nc(-c2cc(-c3cccnc3)n[nH]2)ns1. The predicted octanol–water partition coefficient (Wildman–Crippen LogP) is 2.30. The molecule has 3 heterocycles. The molecule has 0 atom stereocenters. The van der Waals surface area contributed by atoms with E-state index in [1.165, 1.54) is 11.5 Å². The Morgan fingerprint density at radius 1 is 1.35 bits per heavy atom. The van der Waals surface area contributed by atoms with E-state index in [4.69, 9.17) is 0 Å². The number of aromatic nitrogens is 5. The standard InChI is InChI=1S/C11H9N5S/c1-7-13-11(16-17-7)10-5-9(14-15-10)8-3-2-4-12-6-8/h2-6H,1H3,(H,14,15). The highest BCUT2D eigenvalue weighted by molar-refractivity contribution is 7.05. The molecule has 3 aromatic heterocycles. The van der Waals surface area contributed by atoms with Gasteiger partial charge in [0.2, 0.25) is 0 Å². The highest BCUT2D eigenvalue weighted by Crippen LogP contribution is 2.21. The van der Waals surface area contributed by atoms with Crippen molar-refractivity contribution >= 4 is 11.5 Å². The highest BCUT2D eigenvalue weighted by Gasteiger charge is 2.09. The monoisotopic (exact) mass is 243 g/mol. The summed E-state index contributed by atoms with van der Waals surface area (Å²) in [5.74, 6) is 0.690. The Hall–Kier alpha value is -2.08. The van der Waals surface area contributed by atoms with Crippen LogP contribution in [0.15, 0.2) is 30.6 Å². The molecule has 1 N–H and O–H groups in total. The Labute approximate surface area is 102 Å². The van der Waals surface area contributed by atoms with Gasteiger partial charge >= 0.3 is 0 Å². The van der Waals surface area contributed by atoms with E-state index in [-0.39, 0.29) is 0 Å². The second-order valence-electron chi connectivity index (χ2n) is 3.55. The molecule has 0 amide bonds. The third-order valence-electron chi connectivity index (χ3n) is 2.30. The van der Waals surface area contributed by atoms with E-state index in [1.54, 1.807) is 12.4 Å². The molecule has 0 saturated heterocycles. The summed E-state index contributed by atoms with van der Waals surface area (Å²) in [7, 11) is 0. The van der Waals surface area contributed by atoms with Gasteiger partial charge in [-0.2, -0.15) is 9.47 Å². The van der Waals surface area contributed by atoms with E-state index < -0.39 is 0 Å².